The molecule has 2 amide bonds. The number of carbonyl (C=O) groups is 2. The van der Waals surface area contributed by atoms with E-state index in [1.54, 1.807) is 0 Å². The van der Waals surface area contributed by atoms with E-state index >= 15 is 0 Å². The van der Waals surface area contributed by atoms with Gasteiger partial charge in [0.05, 0.1) is 12.5 Å². The monoisotopic (exact) mass is 400 g/mol. The van der Waals surface area contributed by atoms with E-state index in [1.165, 1.54) is 0 Å². The van der Waals surface area contributed by atoms with Gasteiger partial charge >= 0.3 is 0 Å². The molecule has 1 aliphatic carbocycles. The first-order valence-electron chi connectivity index (χ1n) is 8.46. The molecule has 3 rings (SSSR count). The van der Waals surface area contributed by atoms with Gasteiger partial charge in [-0.3, -0.25) is 9.59 Å². The second kappa shape index (κ2) is 7.83. The summed E-state index contributed by atoms with van der Waals surface area (Å²) < 4.78 is 0.999. The maximum Gasteiger partial charge on any atom is 0.227 e. The molecule has 130 valence electrons. The van der Waals surface area contributed by atoms with Crippen LogP contribution in [-0.4, -0.2) is 11.8 Å². The Bertz CT molecular complexity index is 752. The van der Waals surface area contributed by atoms with Crippen LogP contribution < -0.4 is 10.6 Å². The molecule has 1 saturated carbocycles. The average Bonchev–Trinajstić information content (AvgIpc) is 3.42. The number of hydrogen-bond donors (Lipinski definition) is 2. The molecule has 0 bridgehead atoms. The summed E-state index contributed by atoms with van der Waals surface area (Å²) in [6.45, 7) is 1.96. The molecule has 2 aromatic rings. The highest BCUT2D eigenvalue weighted by atomic mass is 79.9. The molecule has 2 aromatic carbocycles. The highest BCUT2D eigenvalue weighted by Crippen LogP contribution is 2.30. The summed E-state index contributed by atoms with van der Waals surface area (Å²) >= 11 is 3.39. The number of nitrogens with one attached hydrogen (secondary N) is 2. The minimum absolute atomic E-state index is 0.0130. The smallest absolute Gasteiger partial charge is 0.227 e. The Morgan fingerprint density at radius 3 is 2.32 bits per heavy atom. The first-order chi connectivity index (χ1) is 12.0. The molecule has 1 aliphatic rings. The van der Waals surface area contributed by atoms with Crippen LogP contribution in [-0.2, 0) is 16.0 Å². The van der Waals surface area contributed by atoms with Crippen molar-refractivity contribution in [1.82, 2.24) is 5.32 Å². The maximum atomic E-state index is 12.2. The minimum atomic E-state index is -0.0869. The van der Waals surface area contributed by atoms with E-state index in [2.05, 4.69) is 26.6 Å². The van der Waals surface area contributed by atoms with Gasteiger partial charge in [0.1, 0.15) is 0 Å². The van der Waals surface area contributed by atoms with Crippen molar-refractivity contribution in [1.29, 1.82) is 0 Å². The van der Waals surface area contributed by atoms with Gasteiger partial charge in [0.2, 0.25) is 11.8 Å². The van der Waals surface area contributed by atoms with Crippen LogP contribution >= 0.6 is 15.9 Å². The molecule has 1 atom stereocenters. The van der Waals surface area contributed by atoms with Gasteiger partial charge in [-0.2, -0.15) is 0 Å². The lowest BCUT2D eigenvalue weighted by Gasteiger charge is -2.15. The van der Waals surface area contributed by atoms with Crippen molar-refractivity contribution in [2.24, 2.45) is 5.92 Å². The van der Waals surface area contributed by atoms with Crippen molar-refractivity contribution in [2.75, 3.05) is 5.32 Å². The molecule has 0 aliphatic heterocycles. The summed E-state index contributed by atoms with van der Waals surface area (Å²) in [7, 11) is 0. The second-order valence-electron chi connectivity index (χ2n) is 6.48. The number of rotatable bonds is 6. The number of anilines is 1. The van der Waals surface area contributed by atoms with Gasteiger partial charge in [-0.1, -0.05) is 40.2 Å². The molecule has 4 nitrogen and oxygen atoms in total. The topological polar surface area (TPSA) is 58.2 Å². The first kappa shape index (κ1) is 17.7. The van der Waals surface area contributed by atoms with Crippen LogP contribution in [0.25, 0.3) is 0 Å². The second-order valence-corrected chi connectivity index (χ2v) is 7.39. The summed E-state index contributed by atoms with van der Waals surface area (Å²) in [6, 6.07) is 15.3. The average molecular weight is 401 g/mol. The molecule has 0 heterocycles. The Labute approximate surface area is 156 Å². The largest absolute Gasteiger partial charge is 0.349 e. The summed E-state index contributed by atoms with van der Waals surface area (Å²) in [5.41, 5.74) is 2.79. The van der Waals surface area contributed by atoms with E-state index in [4.69, 9.17) is 0 Å². The van der Waals surface area contributed by atoms with E-state index in [0.29, 0.717) is 6.42 Å². The fourth-order valence-electron chi connectivity index (χ4n) is 2.61. The number of amides is 2. The van der Waals surface area contributed by atoms with Gasteiger partial charge < -0.3 is 10.6 Å². The summed E-state index contributed by atoms with van der Waals surface area (Å²) in [6.07, 6.45) is 2.34. The van der Waals surface area contributed by atoms with E-state index < -0.39 is 0 Å². The lowest BCUT2D eigenvalue weighted by molar-refractivity contribution is -0.121. The van der Waals surface area contributed by atoms with Gasteiger partial charge in [-0.05, 0) is 55.2 Å². The van der Waals surface area contributed by atoms with Gasteiger partial charge in [-0.15, -0.1) is 0 Å². The Hall–Kier alpha value is -2.14. The summed E-state index contributed by atoms with van der Waals surface area (Å²) in [5.74, 6) is 0.279. The molecular formula is C20H21BrN2O2. The standard InChI is InChI=1S/C20H21BrN2O2/c1-13(22-19(24)12-14-2-8-17(21)9-3-14)15-6-10-18(11-7-15)23-20(25)16-4-5-16/h2-3,6-11,13,16H,4-5,12H2,1H3,(H,22,24)(H,23,25). The quantitative estimate of drug-likeness (QED) is 0.762. The lowest BCUT2D eigenvalue weighted by atomic mass is 10.1. The van der Waals surface area contributed by atoms with Crippen LogP contribution in [0.2, 0.25) is 0 Å². The Morgan fingerprint density at radius 2 is 1.72 bits per heavy atom. The molecule has 1 fully saturated rings. The van der Waals surface area contributed by atoms with E-state index in [-0.39, 0.29) is 23.8 Å². The molecule has 0 aromatic heterocycles. The zero-order valence-corrected chi connectivity index (χ0v) is 15.7. The van der Waals surface area contributed by atoms with Gasteiger partial charge in [0.25, 0.3) is 0 Å². The molecule has 0 spiro atoms. The maximum absolute atomic E-state index is 12.2. The van der Waals surface area contributed by atoms with Crippen LogP contribution in [0.3, 0.4) is 0 Å². The van der Waals surface area contributed by atoms with Gasteiger partial charge in [-0.25, -0.2) is 0 Å². The van der Waals surface area contributed by atoms with E-state index in [1.807, 2.05) is 55.5 Å². The fourth-order valence-corrected chi connectivity index (χ4v) is 2.87. The number of hydrogen-bond acceptors (Lipinski definition) is 2. The first-order valence-corrected chi connectivity index (χ1v) is 9.25. The molecule has 25 heavy (non-hydrogen) atoms. The van der Waals surface area contributed by atoms with E-state index in [0.717, 1.165) is 34.1 Å². The van der Waals surface area contributed by atoms with Crippen LogP contribution in [0.1, 0.15) is 36.9 Å². The van der Waals surface area contributed by atoms with Crippen molar-refractivity contribution in [3.05, 3.63) is 64.1 Å². The summed E-state index contributed by atoms with van der Waals surface area (Å²) in [5, 5.41) is 5.93. The van der Waals surface area contributed by atoms with Crippen molar-refractivity contribution >= 4 is 33.4 Å². The highest BCUT2D eigenvalue weighted by Gasteiger charge is 2.29. The zero-order chi connectivity index (χ0) is 17.8. The third-order valence-electron chi connectivity index (χ3n) is 4.28. The Morgan fingerprint density at radius 1 is 1.08 bits per heavy atom. The predicted molar refractivity (Wildman–Crippen MR) is 102 cm³/mol. The Kier molecular flexibility index (Phi) is 5.53. The predicted octanol–water partition coefficient (Wildman–Crippen LogP) is 4.22. The third kappa shape index (κ3) is 5.16. The summed E-state index contributed by atoms with van der Waals surface area (Å²) in [4.78, 5) is 24.0. The normalized spacial score (nSPS) is 14.6. The van der Waals surface area contributed by atoms with E-state index in [9.17, 15) is 9.59 Å². The fraction of sp³-hybridized carbons (Fsp3) is 0.300. The minimum Gasteiger partial charge on any atom is -0.349 e. The van der Waals surface area contributed by atoms with Crippen molar-refractivity contribution in [3.8, 4) is 0 Å². The van der Waals surface area contributed by atoms with Gasteiger partial charge in [0.15, 0.2) is 0 Å². The van der Waals surface area contributed by atoms with Crippen molar-refractivity contribution in [3.63, 3.8) is 0 Å². The van der Waals surface area contributed by atoms with Crippen molar-refractivity contribution in [2.45, 2.75) is 32.2 Å². The van der Waals surface area contributed by atoms with Crippen molar-refractivity contribution < 1.29 is 9.59 Å². The van der Waals surface area contributed by atoms with Crippen LogP contribution in [0.4, 0.5) is 5.69 Å². The molecule has 1 unspecified atom stereocenters. The number of carbonyl (C=O) groups excluding carboxylic acids is 2. The Balaban J connectivity index is 1.53. The zero-order valence-electron chi connectivity index (χ0n) is 14.1. The molecule has 0 saturated heterocycles. The SMILES string of the molecule is CC(NC(=O)Cc1ccc(Br)cc1)c1ccc(NC(=O)C2CC2)cc1. The number of halogens is 1. The molecular weight excluding hydrogens is 380 g/mol. The van der Waals surface area contributed by atoms with Crippen LogP contribution in [0.5, 0.6) is 0 Å². The highest BCUT2D eigenvalue weighted by molar-refractivity contribution is 9.10. The molecule has 5 heteroatoms. The number of benzene rings is 2. The lowest BCUT2D eigenvalue weighted by Crippen LogP contribution is -2.28. The molecule has 2 N–H and O–H groups in total. The van der Waals surface area contributed by atoms with Gasteiger partial charge in [0, 0.05) is 16.1 Å². The van der Waals surface area contributed by atoms with Crippen LogP contribution in [0, 0.1) is 5.92 Å². The third-order valence-corrected chi connectivity index (χ3v) is 4.81. The molecule has 0 radical (unpaired) electrons. The van der Waals surface area contributed by atoms with Crippen LogP contribution in [0.15, 0.2) is 53.0 Å².